The minimum absolute atomic E-state index is 0.0497. The molecule has 0 saturated carbocycles. The van der Waals surface area contributed by atoms with Gasteiger partial charge in [-0.1, -0.05) is 18.2 Å². The third-order valence-electron chi connectivity index (χ3n) is 4.35. The number of anilines is 1. The van der Waals surface area contributed by atoms with Crippen molar-refractivity contribution in [2.24, 2.45) is 0 Å². The smallest absolute Gasteiger partial charge is 0.241 e. The zero-order chi connectivity index (χ0) is 21.0. The van der Waals surface area contributed by atoms with Crippen LogP contribution in [0.3, 0.4) is 0 Å². The lowest BCUT2D eigenvalue weighted by atomic mass is 10.2. The lowest BCUT2D eigenvalue weighted by molar-refractivity contribution is -0.116. The van der Waals surface area contributed by atoms with Crippen molar-refractivity contribution < 1.29 is 17.6 Å². The Morgan fingerprint density at radius 2 is 1.93 bits per heavy atom. The van der Waals surface area contributed by atoms with Gasteiger partial charge in [0.1, 0.15) is 5.76 Å². The SMILES string of the molecule is O=C(CCc1nc2ccccc2s1)Nc1cccc(S(=O)(=O)NCc2ccco2)c1. The number of benzene rings is 2. The van der Waals surface area contributed by atoms with Gasteiger partial charge in [-0.05, 0) is 42.5 Å². The Balaban J connectivity index is 1.36. The Morgan fingerprint density at radius 3 is 2.73 bits per heavy atom. The fourth-order valence-corrected chi connectivity index (χ4v) is 4.88. The van der Waals surface area contributed by atoms with Crippen LogP contribution < -0.4 is 10.0 Å². The summed E-state index contributed by atoms with van der Waals surface area (Å²) < 4.78 is 33.7. The first-order valence-electron chi connectivity index (χ1n) is 9.26. The topological polar surface area (TPSA) is 101 Å². The number of carbonyl (C=O) groups is 1. The average Bonchev–Trinajstić information content (AvgIpc) is 3.40. The summed E-state index contributed by atoms with van der Waals surface area (Å²) in [6.45, 7) is 0.0497. The van der Waals surface area contributed by atoms with Gasteiger partial charge in [0, 0.05) is 18.5 Å². The summed E-state index contributed by atoms with van der Waals surface area (Å²) in [6, 6.07) is 17.4. The number of para-hydroxylation sites is 1. The lowest BCUT2D eigenvalue weighted by Gasteiger charge is -2.09. The lowest BCUT2D eigenvalue weighted by Crippen LogP contribution is -2.23. The molecular formula is C21H19N3O4S2. The molecule has 4 aromatic rings. The van der Waals surface area contributed by atoms with Gasteiger partial charge in [-0.25, -0.2) is 18.1 Å². The number of thiazole rings is 1. The number of nitrogens with one attached hydrogen (secondary N) is 2. The standard InChI is InChI=1S/C21H19N3O4S2/c25-20(10-11-21-24-18-8-1-2-9-19(18)29-21)23-15-5-3-7-17(13-15)30(26,27)22-14-16-6-4-12-28-16/h1-9,12-13,22H,10-11,14H2,(H,23,25). The van der Waals surface area contributed by atoms with Crippen LogP contribution in [0.15, 0.2) is 76.2 Å². The highest BCUT2D eigenvalue weighted by atomic mass is 32.2. The molecule has 0 saturated heterocycles. The highest BCUT2D eigenvalue weighted by Gasteiger charge is 2.15. The van der Waals surface area contributed by atoms with Crippen LogP contribution in [0.25, 0.3) is 10.2 Å². The van der Waals surface area contributed by atoms with E-state index in [0.29, 0.717) is 17.9 Å². The van der Waals surface area contributed by atoms with Gasteiger partial charge < -0.3 is 9.73 Å². The Bertz CT molecular complexity index is 1230. The van der Waals surface area contributed by atoms with Gasteiger partial charge in [-0.15, -0.1) is 11.3 Å². The molecule has 2 aromatic carbocycles. The van der Waals surface area contributed by atoms with E-state index in [1.165, 1.54) is 18.4 Å². The molecule has 0 aliphatic rings. The first kappa shape index (κ1) is 20.3. The van der Waals surface area contributed by atoms with E-state index in [1.807, 2.05) is 24.3 Å². The van der Waals surface area contributed by atoms with Crippen LogP contribution >= 0.6 is 11.3 Å². The van der Waals surface area contributed by atoms with Crippen LogP contribution in [0.5, 0.6) is 0 Å². The molecule has 30 heavy (non-hydrogen) atoms. The molecular weight excluding hydrogens is 422 g/mol. The molecule has 0 fully saturated rings. The summed E-state index contributed by atoms with van der Waals surface area (Å²) in [4.78, 5) is 16.9. The molecule has 4 rings (SSSR count). The molecule has 0 aliphatic heterocycles. The molecule has 154 valence electrons. The maximum absolute atomic E-state index is 12.5. The minimum atomic E-state index is -3.73. The third-order valence-corrected chi connectivity index (χ3v) is 6.84. The second-order valence-electron chi connectivity index (χ2n) is 6.56. The second kappa shape index (κ2) is 8.78. The highest BCUT2D eigenvalue weighted by Crippen LogP contribution is 2.23. The molecule has 0 radical (unpaired) electrons. The van der Waals surface area contributed by atoms with Gasteiger partial charge in [0.25, 0.3) is 0 Å². The Morgan fingerprint density at radius 1 is 1.07 bits per heavy atom. The zero-order valence-electron chi connectivity index (χ0n) is 15.9. The minimum Gasteiger partial charge on any atom is -0.468 e. The summed E-state index contributed by atoms with van der Waals surface area (Å²) in [5, 5.41) is 3.65. The van der Waals surface area contributed by atoms with Gasteiger partial charge in [0.05, 0.1) is 32.9 Å². The molecule has 0 unspecified atom stereocenters. The quantitative estimate of drug-likeness (QED) is 0.431. The van der Waals surface area contributed by atoms with E-state index in [-0.39, 0.29) is 23.8 Å². The van der Waals surface area contributed by atoms with Crippen LogP contribution in [-0.2, 0) is 27.8 Å². The molecule has 0 spiro atoms. The normalized spacial score (nSPS) is 11.6. The first-order valence-corrected chi connectivity index (χ1v) is 11.6. The van der Waals surface area contributed by atoms with Gasteiger partial charge in [0.2, 0.25) is 15.9 Å². The number of aryl methyl sites for hydroxylation is 1. The number of amides is 1. The van der Waals surface area contributed by atoms with Crippen molar-refractivity contribution >= 4 is 43.2 Å². The predicted octanol–water partition coefficient (Wildman–Crippen LogP) is 3.94. The molecule has 7 nitrogen and oxygen atoms in total. The Hall–Kier alpha value is -3.01. The van der Waals surface area contributed by atoms with Crippen LogP contribution in [0.1, 0.15) is 17.2 Å². The van der Waals surface area contributed by atoms with E-state index >= 15 is 0 Å². The van der Waals surface area contributed by atoms with Crippen LogP contribution in [0.2, 0.25) is 0 Å². The van der Waals surface area contributed by atoms with Crippen molar-refractivity contribution in [2.45, 2.75) is 24.3 Å². The van der Waals surface area contributed by atoms with Crippen molar-refractivity contribution in [3.63, 3.8) is 0 Å². The van der Waals surface area contributed by atoms with E-state index in [9.17, 15) is 13.2 Å². The number of carbonyl (C=O) groups excluding carboxylic acids is 1. The van der Waals surface area contributed by atoms with Crippen LogP contribution in [0, 0.1) is 0 Å². The predicted molar refractivity (Wildman–Crippen MR) is 116 cm³/mol. The maximum atomic E-state index is 12.5. The number of sulfonamides is 1. The van der Waals surface area contributed by atoms with E-state index in [2.05, 4.69) is 15.0 Å². The van der Waals surface area contributed by atoms with E-state index < -0.39 is 10.0 Å². The monoisotopic (exact) mass is 441 g/mol. The number of hydrogen-bond acceptors (Lipinski definition) is 6. The maximum Gasteiger partial charge on any atom is 0.241 e. The number of furan rings is 1. The van der Waals surface area contributed by atoms with Gasteiger partial charge in [0.15, 0.2) is 0 Å². The molecule has 0 bridgehead atoms. The van der Waals surface area contributed by atoms with E-state index in [1.54, 1.807) is 35.6 Å². The molecule has 0 atom stereocenters. The summed E-state index contributed by atoms with van der Waals surface area (Å²) in [7, 11) is -3.73. The van der Waals surface area contributed by atoms with E-state index in [4.69, 9.17) is 4.42 Å². The van der Waals surface area contributed by atoms with Crippen molar-refractivity contribution in [2.75, 3.05) is 5.32 Å². The number of rotatable bonds is 8. The highest BCUT2D eigenvalue weighted by molar-refractivity contribution is 7.89. The molecule has 2 N–H and O–H groups in total. The fourth-order valence-electron chi connectivity index (χ4n) is 2.87. The summed E-state index contributed by atoms with van der Waals surface area (Å²) in [5.41, 5.74) is 1.35. The average molecular weight is 442 g/mol. The Labute approximate surface area is 177 Å². The largest absolute Gasteiger partial charge is 0.468 e. The summed E-state index contributed by atoms with van der Waals surface area (Å²) in [5.74, 6) is 0.310. The van der Waals surface area contributed by atoms with Crippen LogP contribution in [0.4, 0.5) is 5.69 Å². The number of nitrogens with zero attached hydrogens (tertiary/aromatic N) is 1. The van der Waals surface area contributed by atoms with Crippen molar-refractivity contribution in [3.8, 4) is 0 Å². The molecule has 1 amide bonds. The third kappa shape index (κ3) is 4.93. The Kier molecular flexibility index (Phi) is 5.93. The summed E-state index contributed by atoms with van der Waals surface area (Å²) >= 11 is 1.57. The van der Waals surface area contributed by atoms with Crippen molar-refractivity contribution in [3.05, 3.63) is 77.7 Å². The molecule has 2 heterocycles. The van der Waals surface area contributed by atoms with E-state index in [0.717, 1.165) is 15.2 Å². The number of fused-ring (bicyclic) bond motifs is 1. The number of aromatic nitrogens is 1. The molecule has 0 aliphatic carbocycles. The van der Waals surface area contributed by atoms with Crippen molar-refractivity contribution in [1.82, 2.24) is 9.71 Å². The van der Waals surface area contributed by atoms with Gasteiger partial charge in [-0.2, -0.15) is 0 Å². The zero-order valence-corrected chi connectivity index (χ0v) is 17.5. The summed E-state index contributed by atoms with van der Waals surface area (Å²) in [6.07, 6.45) is 2.26. The van der Waals surface area contributed by atoms with Gasteiger partial charge in [-0.3, -0.25) is 4.79 Å². The van der Waals surface area contributed by atoms with Crippen molar-refractivity contribution in [1.29, 1.82) is 0 Å². The first-order chi connectivity index (χ1) is 14.5. The van der Waals surface area contributed by atoms with Gasteiger partial charge >= 0.3 is 0 Å². The van der Waals surface area contributed by atoms with Crippen LogP contribution in [-0.4, -0.2) is 19.3 Å². The molecule has 9 heteroatoms. The second-order valence-corrected chi connectivity index (χ2v) is 9.44. The fraction of sp³-hybridized carbons (Fsp3) is 0.143. The molecule has 2 aromatic heterocycles. The number of hydrogen-bond donors (Lipinski definition) is 2.